The van der Waals surface area contributed by atoms with Crippen LogP contribution in [0.25, 0.3) is 16.8 Å². The van der Waals surface area contributed by atoms with Crippen molar-refractivity contribution in [1.29, 1.82) is 0 Å². The molecule has 0 heterocycles. The Bertz CT molecular complexity index is 1370. The molecular formula is C28H22N2O3. The number of benzene rings is 4. The number of carbonyl (C=O) groups is 3. The average Bonchev–Trinajstić information content (AvgIpc) is 2.84. The maximum atomic E-state index is 13.2. The van der Waals surface area contributed by atoms with Crippen molar-refractivity contribution in [3.05, 3.63) is 119 Å². The van der Waals surface area contributed by atoms with Gasteiger partial charge < -0.3 is 10.6 Å². The molecular weight excluding hydrogens is 412 g/mol. The smallest absolute Gasteiger partial charge is 0.272 e. The lowest BCUT2D eigenvalue weighted by atomic mass is 10.0. The van der Waals surface area contributed by atoms with Crippen LogP contribution >= 0.6 is 0 Å². The van der Waals surface area contributed by atoms with Crippen molar-refractivity contribution in [1.82, 2.24) is 5.32 Å². The highest BCUT2D eigenvalue weighted by molar-refractivity contribution is 6.12. The van der Waals surface area contributed by atoms with E-state index in [4.69, 9.17) is 0 Å². The Balaban J connectivity index is 1.71. The molecule has 0 aliphatic heterocycles. The zero-order chi connectivity index (χ0) is 23.2. The first-order valence-electron chi connectivity index (χ1n) is 10.5. The van der Waals surface area contributed by atoms with Crippen LogP contribution in [0.2, 0.25) is 0 Å². The number of Topliss-reactive ketones (excluding diaryl/α,β-unsaturated/α-hetero) is 1. The van der Waals surface area contributed by atoms with Crippen LogP contribution in [0.5, 0.6) is 0 Å². The molecule has 0 radical (unpaired) electrons. The summed E-state index contributed by atoms with van der Waals surface area (Å²) in [5, 5.41) is 7.51. The molecule has 0 unspecified atom stereocenters. The van der Waals surface area contributed by atoms with Gasteiger partial charge in [-0.3, -0.25) is 14.4 Å². The van der Waals surface area contributed by atoms with Gasteiger partial charge in [0.05, 0.1) is 0 Å². The molecule has 4 aromatic rings. The lowest BCUT2D eigenvalue weighted by molar-refractivity contribution is -0.113. The van der Waals surface area contributed by atoms with Crippen LogP contribution in [0.1, 0.15) is 33.2 Å². The zero-order valence-electron chi connectivity index (χ0n) is 18.0. The number of hydrogen-bond acceptors (Lipinski definition) is 3. The topological polar surface area (TPSA) is 75.3 Å². The van der Waals surface area contributed by atoms with Crippen LogP contribution in [0, 0.1) is 0 Å². The van der Waals surface area contributed by atoms with E-state index in [1.807, 2.05) is 48.5 Å². The molecule has 0 atom stereocenters. The largest absolute Gasteiger partial charge is 0.321 e. The second-order valence-corrected chi connectivity index (χ2v) is 7.54. The summed E-state index contributed by atoms with van der Waals surface area (Å²) < 4.78 is 0. The molecule has 0 bridgehead atoms. The number of fused-ring (bicyclic) bond motifs is 1. The number of hydrogen-bond donors (Lipinski definition) is 2. The van der Waals surface area contributed by atoms with Crippen LogP contribution < -0.4 is 10.6 Å². The fraction of sp³-hybridized carbons (Fsp3) is 0.0357. The molecule has 5 heteroatoms. The van der Waals surface area contributed by atoms with Gasteiger partial charge in [-0.05, 0) is 53.6 Å². The summed E-state index contributed by atoms with van der Waals surface area (Å²) in [6.07, 6.45) is 1.66. The van der Waals surface area contributed by atoms with E-state index in [-0.39, 0.29) is 11.5 Å². The van der Waals surface area contributed by atoms with Crippen molar-refractivity contribution in [2.45, 2.75) is 6.92 Å². The number of rotatable bonds is 6. The highest BCUT2D eigenvalue weighted by Crippen LogP contribution is 2.21. The Morgan fingerprint density at radius 2 is 1.39 bits per heavy atom. The first-order chi connectivity index (χ1) is 16.0. The summed E-state index contributed by atoms with van der Waals surface area (Å²) in [6.45, 7) is 1.47. The minimum atomic E-state index is -0.493. The molecule has 0 fully saturated rings. The third-order valence-corrected chi connectivity index (χ3v) is 5.18. The molecule has 0 spiro atoms. The van der Waals surface area contributed by atoms with Gasteiger partial charge in [-0.25, -0.2) is 0 Å². The molecule has 2 amide bonds. The summed E-state index contributed by atoms with van der Waals surface area (Å²) in [6, 6.07) is 29.0. The standard InChI is InChI=1S/C28H22N2O3/c1-19(31)22-13-8-15-24(17-22)29-28(33)26(30-27(32)21-10-3-2-4-11-21)18-23-14-7-12-20-9-5-6-16-25(20)23/h2-18H,1H3,(H,29,33)(H,30,32)/b26-18-. The Morgan fingerprint density at radius 1 is 0.727 bits per heavy atom. The van der Waals surface area contributed by atoms with E-state index >= 15 is 0 Å². The van der Waals surface area contributed by atoms with E-state index in [9.17, 15) is 14.4 Å². The molecule has 33 heavy (non-hydrogen) atoms. The molecule has 0 saturated carbocycles. The number of anilines is 1. The lowest BCUT2D eigenvalue weighted by Gasteiger charge is -2.12. The van der Waals surface area contributed by atoms with Crippen LogP contribution in [0.4, 0.5) is 5.69 Å². The van der Waals surface area contributed by atoms with Crippen LogP contribution in [0.3, 0.4) is 0 Å². The predicted molar refractivity (Wildman–Crippen MR) is 131 cm³/mol. The summed E-state index contributed by atoms with van der Waals surface area (Å²) in [7, 11) is 0. The molecule has 162 valence electrons. The molecule has 2 N–H and O–H groups in total. The molecule has 0 aliphatic carbocycles. The molecule has 4 rings (SSSR count). The van der Waals surface area contributed by atoms with Gasteiger partial charge in [0.25, 0.3) is 11.8 Å². The second kappa shape index (κ2) is 9.75. The average molecular weight is 434 g/mol. The number of carbonyl (C=O) groups excluding carboxylic acids is 3. The van der Waals surface area contributed by atoms with E-state index in [2.05, 4.69) is 10.6 Å². The second-order valence-electron chi connectivity index (χ2n) is 7.54. The van der Waals surface area contributed by atoms with Gasteiger partial charge in [-0.15, -0.1) is 0 Å². The molecule has 0 saturated heterocycles. The molecule has 0 aromatic heterocycles. The summed E-state index contributed by atoms with van der Waals surface area (Å²) in [4.78, 5) is 37.8. The summed E-state index contributed by atoms with van der Waals surface area (Å²) in [5.74, 6) is -0.988. The molecule has 4 aromatic carbocycles. The lowest BCUT2D eigenvalue weighted by Crippen LogP contribution is -2.30. The summed E-state index contributed by atoms with van der Waals surface area (Å²) >= 11 is 0. The van der Waals surface area contributed by atoms with Gasteiger partial charge in [0.1, 0.15) is 5.70 Å². The minimum absolute atomic E-state index is 0.0911. The molecule has 5 nitrogen and oxygen atoms in total. The van der Waals surface area contributed by atoms with Crippen LogP contribution in [0.15, 0.2) is 103 Å². The van der Waals surface area contributed by atoms with Gasteiger partial charge in [-0.2, -0.15) is 0 Å². The van der Waals surface area contributed by atoms with Gasteiger partial charge in [0.15, 0.2) is 5.78 Å². The van der Waals surface area contributed by atoms with E-state index in [0.29, 0.717) is 16.8 Å². The Morgan fingerprint density at radius 3 is 2.18 bits per heavy atom. The first kappa shape index (κ1) is 21.7. The van der Waals surface area contributed by atoms with Crippen molar-refractivity contribution in [3.63, 3.8) is 0 Å². The van der Waals surface area contributed by atoms with E-state index in [1.165, 1.54) is 6.92 Å². The fourth-order valence-electron chi connectivity index (χ4n) is 3.49. The van der Waals surface area contributed by atoms with Gasteiger partial charge in [0.2, 0.25) is 0 Å². The third-order valence-electron chi connectivity index (χ3n) is 5.18. The van der Waals surface area contributed by atoms with E-state index in [1.54, 1.807) is 54.6 Å². The highest BCUT2D eigenvalue weighted by atomic mass is 16.2. The van der Waals surface area contributed by atoms with Crippen LogP contribution in [-0.4, -0.2) is 17.6 Å². The van der Waals surface area contributed by atoms with Gasteiger partial charge in [0, 0.05) is 16.8 Å². The summed E-state index contributed by atoms with van der Waals surface area (Å²) in [5.41, 5.74) is 2.27. The van der Waals surface area contributed by atoms with Gasteiger partial charge in [-0.1, -0.05) is 72.8 Å². The van der Waals surface area contributed by atoms with Gasteiger partial charge >= 0.3 is 0 Å². The van der Waals surface area contributed by atoms with E-state index < -0.39 is 11.8 Å². The fourth-order valence-corrected chi connectivity index (χ4v) is 3.49. The zero-order valence-corrected chi connectivity index (χ0v) is 18.0. The monoisotopic (exact) mass is 434 g/mol. The van der Waals surface area contributed by atoms with Crippen molar-refractivity contribution in [3.8, 4) is 0 Å². The Labute approximate surface area is 191 Å². The number of ketones is 1. The van der Waals surface area contributed by atoms with Crippen molar-refractivity contribution in [2.75, 3.05) is 5.32 Å². The third kappa shape index (κ3) is 5.22. The van der Waals surface area contributed by atoms with Crippen LogP contribution in [-0.2, 0) is 4.79 Å². The molecule has 0 aliphatic rings. The SMILES string of the molecule is CC(=O)c1cccc(NC(=O)/C(=C/c2cccc3ccccc23)NC(=O)c2ccccc2)c1. The maximum Gasteiger partial charge on any atom is 0.272 e. The Kier molecular flexibility index (Phi) is 6.41. The minimum Gasteiger partial charge on any atom is -0.321 e. The predicted octanol–water partition coefficient (Wildman–Crippen LogP) is 5.45. The quantitative estimate of drug-likeness (QED) is 0.313. The Hall–Kier alpha value is -4.51. The highest BCUT2D eigenvalue weighted by Gasteiger charge is 2.16. The number of nitrogens with one attached hydrogen (secondary N) is 2. The van der Waals surface area contributed by atoms with Crippen molar-refractivity contribution >= 4 is 40.1 Å². The normalized spacial score (nSPS) is 11.1. The van der Waals surface area contributed by atoms with E-state index in [0.717, 1.165) is 16.3 Å². The first-order valence-corrected chi connectivity index (χ1v) is 10.5. The van der Waals surface area contributed by atoms with Crippen molar-refractivity contribution in [2.24, 2.45) is 0 Å². The maximum absolute atomic E-state index is 13.2. The number of amides is 2. The van der Waals surface area contributed by atoms with Crippen molar-refractivity contribution < 1.29 is 14.4 Å².